The van der Waals surface area contributed by atoms with Gasteiger partial charge in [-0.25, -0.2) is 0 Å². The highest BCUT2D eigenvalue weighted by molar-refractivity contribution is 7.80. The number of hydrogen-bond acceptors (Lipinski definition) is 5. The Morgan fingerprint density at radius 1 is 1.15 bits per heavy atom. The third kappa shape index (κ3) is 6.66. The average molecular weight is 243 g/mol. The summed E-state index contributed by atoms with van der Waals surface area (Å²) in [6.45, 7) is 0. The van der Waals surface area contributed by atoms with Crippen LogP contribution in [0.25, 0.3) is 0 Å². The van der Waals surface area contributed by atoms with Gasteiger partial charge in [-0.1, -0.05) is 0 Å². The Morgan fingerprint density at radius 3 is 1.77 bits per heavy atom. The highest BCUT2D eigenvalue weighted by Crippen LogP contribution is 2.14. The maximum atomic E-state index is 5.20. The summed E-state index contributed by atoms with van der Waals surface area (Å²) in [5, 5.41) is 4.64. The number of nitrogens with two attached hydrogens (primary N) is 1. The summed E-state index contributed by atoms with van der Waals surface area (Å²) in [6.07, 6.45) is 0.963. The summed E-state index contributed by atoms with van der Waals surface area (Å²) in [5.74, 6) is 0.838. The van der Waals surface area contributed by atoms with E-state index in [2.05, 4.69) is 18.0 Å². The van der Waals surface area contributed by atoms with Crippen LogP contribution in [-0.4, -0.2) is 46.3 Å². The molecular weight excluding hydrogens is 222 g/mol. The van der Waals surface area contributed by atoms with Gasteiger partial charge in [0.25, 0.3) is 0 Å². The van der Waals surface area contributed by atoms with E-state index in [1.807, 2.05) is 0 Å². The van der Waals surface area contributed by atoms with Crippen LogP contribution in [0.15, 0.2) is 0 Å². The van der Waals surface area contributed by atoms with Crippen molar-refractivity contribution in [1.82, 2.24) is 0 Å². The Bertz CT molecular complexity index is 97.6. The minimum absolute atomic E-state index is 0.806. The summed E-state index contributed by atoms with van der Waals surface area (Å²) in [5.41, 5.74) is 0. The van der Waals surface area contributed by atoms with Gasteiger partial charge in [-0.05, 0) is 12.2 Å². The zero-order chi connectivity index (χ0) is 10.7. The third-order valence-corrected chi connectivity index (χ3v) is 4.72. The molecule has 0 aliphatic carbocycles. The normalized spacial score (nSPS) is 10.8. The lowest BCUT2D eigenvalue weighted by Crippen LogP contribution is -2.42. The summed E-state index contributed by atoms with van der Waals surface area (Å²) in [4.78, 5) is 0. The molecule has 0 amide bonds. The predicted octanol–water partition coefficient (Wildman–Crippen LogP) is -0.590. The molecule has 0 aliphatic heterocycles. The Hall–Kier alpha value is 0.624. The van der Waals surface area contributed by atoms with Crippen molar-refractivity contribution in [2.45, 2.75) is 12.5 Å². The van der Waals surface area contributed by atoms with Crippen LogP contribution in [-0.2, 0) is 13.3 Å². The van der Waals surface area contributed by atoms with Crippen molar-refractivity contribution in [2.24, 2.45) is 5.40 Å². The van der Waals surface area contributed by atoms with E-state index in [9.17, 15) is 0 Å². The van der Waals surface area contributed by atoms with Crippen molar-refractivity contribution in [1.29, 1.82) is 0 Å². The van der Waals surface area contributed by atoms with Crippen molar-refractivity contribution >= 4 is 31.8 Å². The Balaban J connectivity index is 0. The topological polar surface area (TPSA) is 53.7 Å². The fourth-order valence-electron chi connectivity index (χ4n) is 0.852. The van der Waals surface area contributed by atoms with E-state index < -0.39 is 8.80 Å². The monoisotopic (exact) mass is 243 g/mol. The summed E-state index contributed by atoms with van der Waals surface area (Å²) in [7, 11) is 3.39. The third-order valence-electron chi connectivity index (χ3n) is 1.57. The zero-order valence-corrected chi connectivity index (χ0v) is 12.8. The van der Waals surface area contributed by atoms with Crippen LogP contribution < -0.4 is 5.40 Å². The van der Waals surface area contributed by atoms with E-state index in [0.29, 0.717) is 0 Å². The van der Waals surface area contributed by atoms with E-state index >= 15 is 0 Å². The molecule has 0 heterocycles. The first kappa shape index (κ1) is 16.1. The van der Waals surface area contributed by atoms with Crippen LogP contribution in [0, 0.1) is 0 Å². The fourth-order valence-corrected chi connectivity index (χ4v) is 3.03. The molecule has 0 saturated carbocycles. The number of hydrogen-bond donors (Lipinski definition) is 2. The second-order valence-corrected chi connectivity index (χ2v) is 5.66. The molecule has 0 rings (SSSR count). The molecule has 0 aromatic rings. The van der Waals surface area contributed by atoms with Crippen LogP contribution >= 0.6 is 12.6 Å². The standard InChI is InChI=1S/C6H16O3SSi.H5NSi/c1-7-11(8-2,9-3)6-4-5-10;1-2/h10H,4-6H2,1-3H3;1H2,2H3. The van der Waals surface area contributed by atoms with Gasteiger partial charge in [-0.15, -0.1) is 0 Å². The Labute approximate surface area is 90.4 Å². The molecule has 13 heavy (non-hydrogen) atoms. The SMILES string of the molecule is CO[Si](CCCS)(OC)OC.N[SiH3]. The number of rotatable bonds is 6. The number of thiol groups is 1. The van der Waals surface area contributed by atoms with Crippen molar-refractivity contribution in [2.75, 3.05) is 27.1 Å². The van der Waals surface area contributed by atoms with E-state index in [4.69, 9.17) is 13.3 Å². The van der Waals surface area contributed by atoms with Gasteiger partial charge < -0.3 is 18.7 Å². The molecule has 0 aromatic carbocycles. The lowest BCUT2D eigenvalue weighted by Gasteiger charge is -2.23. The molecule has 0 atom stereocenters. The summed E-state index contributed by atoms with van der Waals surface area (Å²) >= 11 is 4.10. The molecular formula is C6H21NO3SSi2. The predicted molar refractivity (Wildman–Crippen MR) is 64.2 cm³/mol. The summed E-state index contributed by atoms with van der Waals surface area (Å²) < 4.78 is 15.6. The molecule has 0 spiro atoms. The van der Waals surface area contributed by atoms with Gasteiger partial charge in [-0.2, -0.15) is 12.6 Å². The molecule has 0 aliphatic rings. The molecule has 2 N–H and O–H groups in total. The molecule has 0 unspecified atom stereocenters. The minimum Gasteiger partial charge on any atom is -0.377 e. The Kier molecular flexibility index (Phi) is 13.2. The molecule has 0 aromatic heterocycles. The van der Waals surface area contributed by atoms with Crippen LogP contribution in [0.1, 0.15) is 6.42 Å². The Morgan fingerprint density at radius 2 is 1.54 bits per heavy atom. The maximum Gasteiger partial charge on any atom is 0.500 e. The van der Waals surface area contributed by atoms with Gasteiger partial charge in [0.05, 0.1) is 10.4 Å². The lowest BCUT2D eigenvalue weighted by molar-refractivity contribution is 0.123. The van der Waals surface area contributed by atoms with Crippen LogP contribution in [0.4, 0.5) is 0 Å². The molecule has 4 nitrogen and oxygen atoms in total. The van der Waals surface area contributed by atoms with Crippen LogP contribution in [0.2, 0.25) is 6.04 Å². The second kappa shape index (κ2) is 10.7. The molecule has 7 heteroatoms. The quantitative estimate of drug-likeness (QED) is 0.484. The fraction of sp³-hybridized carbons (Fsp3) is 1.00. The molecule has 0 radical (unpaired) electrons. The minimum atomic E-state index is -2.29. The first-order chi connectivity index (χ1) is 6.24. The average Bonchev–Trinajstić information content (AvgIpc) is 2.24. The van der Waals surface area contributed by atoms with Gasteiger partial charge in [0, 0.05) is 27.4 Å². The van der Waals surface area contributed by atoms with Gasteiger partial charge in [-0.3, -0.25) is 0 Å². The first-order valence-corrected chi connectivity index (χ1v) is 7.80. The molecule has 0 fully saturated rings. The lowest BCUT2D eigenvalue weighted by atomic mass is 10.6. The van der Waals surface area contributed by atoms with E-state index in [1.54, 1.807) is 21.3 Å². The molecule has 82 valence electrons. The van der Waals surface area contributed by atoms with Crippen molar-refractivity contribution < 1.29 is 13.3 Å². The van der Waals surface area contributed by atoms with Crippen LogP contribution in [0.5, 0.6) is 0 Å². The summed E-state index contributed by atoms with van der Waals surface area (Å²) in [6, 6.07) is 0.833. The van der Waals surface area contributed by atoms with Gasteiger partial charge in [0.1, 0.15) is 0 Å². The van der Waals surface area contributed by atoms with Gasteiger partial charge in [0.15, 0.2) is 0 Å². The zero-order valence-electron chi connectivity index (χ0n) is 8.87. The molecule has 0 saturated heterocycles. The maximum absolute atomic E-state index is 5.20. The largest absolute Gasteiger partial charge is 0.500 e. The first-order valence-electron chi connectivity index (χ1n) is 4.08. The van der Waals surface area contributed by atoms with Crippen LogP contribution in [0.3, 0.4) is 0 Å². The van der Waals surface area contributed by atoms with Gasteiger partial charge >= 0.3 is 8.80 Å². The highest BCUT2D eigenvalue weighted by atomic mass is 32.1. The highest BCUT2D eigenvalue weighted by Gasteiger charge is 2.36. The van der Waals surface area contributed by atoms with E-state index in [1.165, 1.54) is 0 Å². The van der Waals surface area contributed by atoms with E-state index in [-0.39, 0.29) is 0 Å². The van der Waals surface area contributed by atoms with Crippen molar-refractivity contribution in [3.63, 3.8) is 0 Å². The van der Waals surface area contributed by atoms with Gasteiger partial charge in [0.2, 0.25) is 0 Å². The van der Waals surface area contributed by atoms with Crippen molar-refractivity contribution in [3.8, 4) is 0 Å². The van der Waals surface area contributed by atoms with E-state index in [0.717, 1.165) is 28.6 Å². The second-order valence-electron chi connectivity index (χ2n) is 2.12. The van der Waals surface area contributed by atoms with Crippen molar-refractivity contribution in [3.05, 3.63) is 0 Å². The smallest absolute Gasteiger partial charge is 0.377 e. The molecule has 0 bridgehead atoms.